The van der Waals surface area contributed by atoms with Gasteiger partial charge in [-0.2, -0.15) is 0 Å². The van der Waals surface area contributed by atoms with Crippen molar-refractivity contribution in [1.29, 1.82) is 0 Å². The molecule has 2 N–H and O–H groups in total. The third-order valence-electron chi connectivity index (χ3n) is 4.21. The summed E-state index contributed by atoms with van der Waals surface area (Å²) in [5, 5.41) is 13.9. The van der Waals surface area contributed by atoms with E-state index >= 15 is 0 Å². The van der Waals surface area contributed by atoms with Gasteiger partial charge in [-0.3, -0.25) is 19.6 Å². The normalized spacial score (nSPS) is 11.0. The van der Waals surface area contributed by atoms with Gasteiger partial charge in [-0.05, 0) is 48.5 Å². The van der Waals surface area contributed by atoms with E-state index in [0.717, 1.165) is 10.5 Å². The number of methoxy groups -OCH3 is 1. The number of hydrogen-bond acceptors (Lipinski definition) is 6. The van der Waals surface area contributed by atoms with Crippen molar-refractivity contribution in [3.63, 3.8) is 0 Å². The fraction of sp³-hybridized carbons (Fsp3) is 0.0500. The zero-order chi connectivity index (χ0) is 23.5. The summed E-state index contributed by atoms with van der Waals surface area (Å²) in [6.45, 7) is 0. The van der Waals surface area contributed by atoms with Gasteiger partial charge in [0.05, 0.1) is 28.2 Å². The number of nitrogens with one attached hydrogen (secondary N) is 2. The minimum Gasteiger partial charge on any atom is -0.490 e. The van der Waals surface area contributed by atoms with Crippen molar-refractivity contribution in [3.8, 4) is 5.75 Å². The predicted octanol–water partition coefficient (Wildman–Crippen LogP) is 5.18. The number of anilines is 2. The second-order valence-corrected chi connectivity index (χ2v) is 9.86. The van der Waals surface area contributed by atoms with E-state index in [0.29, 0.717) is 10.2 Å². The number of ether oxygens (including phenoxy) is 1. The second kappa shape index (κ2) is 9.67. The molecular weight excluding hydrogens is 570 g/mol. The number of sulfonamides is 1. The number of amides is 1. The molecule has 0 spiro atoms. The molecule has 32 heavy (non-hydrogen) atoms. The topological polar surface area (TPSA) is 128 Å². The largest absolute Gasteiger partial charge is 0.490 e. The van der Waals surface area contributed by atoms with Crippen molar-refractivity contribution >= 4 is 64.9 Å². The SMILES string of the molecule is COc1ccc(S(=O)(=O)Nc2ccc(Br)cc2C(=O)Nc2cccc(Br)c2)cc1[N+](=O)[O-]. The first-order valence-corrected chi connectivity index (χ1v) is 11.9. The fourth-order valence-corrected chi connectivity index (χ4v) is 4.60. The molecule has 3 aromatic rings. The highest BCUT2D eigenvalue weighted by Crippen LogP contribution is 2.31. The molecule has 1 amide bonds. The molecule has 0 fully saturated rings. The molecule has 0 aliphatic carbocycles. The maximum Gasteiger partial charge on any atom is 0.312 e. The Morgan fingerprint density at radius 1 is 1.03 bits per heavy atom. The van der Waals surface area contributed by atoms with Crippen LogP contribution in [0.25, 0.3) is 0 Å². The third kappa shape index (κ3) is 5.44. The average Bonchev–Trinajstić information content (AvgIpc) is 2.74. The zero-order valence-electron chi connectivity index (χ0n) is 16.3. The van der Waals surface area contributed by atoms with E-state index in [1.54, 1.807) is 30.3 Å². The van der Waals surface area contributed by atoms with Gasteiger partial charge in [-0.25, -0.2) is 8.42 Å². The van der Waals surface area contributed by atoms with Gasteiger partial charge >= 0.3 is 5.69 Å². The minimum atomic E-state index is -4.26. The van der Waals surface area contributed by atoms with Crippen LogP contribution in [-0.2, 0) is 10.0 Å². The van der Waals surface area contributed by atoms with Gasteiger partial charge in [0.25, 0.3) is 15.9 Å². The van der Waals surface area contributed by atoms with Gasteiger partial charge in [0.2, 0.25) is 0 Å². The summed E-state index contributed by atoms with van der Waals surface area (Å²) in [6.07, 6.45) is 0. The Kier molecular flexibility index (Phi) is 7.16. The Hall–Kier alpha value is -2.96. The number of carbonyl (C=O) groups excluding carboxylic acids is 1. The first-order valence-electron chi connectivity index (χ1n) is 8.82. The van der Waals surface area contributed by atoms with E-state index in [9.17, 15) is 23.3 Å². The number of halogens is 2. The fourth-order valence-electron chi connectivity index (χ4n) is 2.74. The van der Waals surface area contributed by atoms with Crippen molar-refractivity contribution in [2.24, 2.45) is 0 Å². The van der Waals surface area contributed by atoms with Crippen molar-refractivity contribution in [3.05, 3.63) is 85.3 Å². The van der Waals surface area contributed by atoms with Crippen LogP contribution in [0, 0.1) is 10.1 Å². The number of carbonyl (C=O) groups is 1. The highest BCUT2D eigenvalue weighted by molar-refractivity contribution is 9.10. The lowest BCUT2D eigenvalue weighted by Gasteiger charge is -2.14. The van der Waals surface area contributed by atoms with E-state index in [1.165, 1.54) is 31.4 Å². The lowest BCUT2D eigenvalue weighted by Crippen LogP contribution is -2.19. The van der Waals surface area contributed by atoms with Crippen LogP contribution < -0.4 is 14.8 Å². The van der Waals surface area contributed by atoms with Crippen LogP contribution in [0.1, 0.15) is 10.4 Å². The van der Waals surface area contributed by atoms with Gasteiger partial charge in [0, 0.05) is 20.7 Å². The van der Waals surface area contributed by atoms with Crippen LogP contribution in [-0.4, -0.2) is 26.4 Å². The number of nitrogens with zero attached hydrogens (tertiary/aromatic N) is 1. The number of benzene rings is 3. The number of rotatable bonds is 7. The van der Waals surface area contributed by atoms with Crippen LogP contribution in [0.4, 0.5) is 17.1 Å². The van der Waals surface area contributed by atoms with E-state index in [2.05, 4.69) is 41.9 Å². The van der Waals surface area contributed by atoms with Crippen molar-refractivity contribution < 1.29 is 22.9 Å². The van der Waals surface area contributed by atoms with Gasteiger partial charge in [0.1, 0.15) is 0 Å². The summed E-state index contributed by atoms with van der Waals surface area (Å²) in [6, 6.07) is 14.6. The molecule has 9 nitrogen and oxygen atoms in total. The Balaban J connectivity index is 1.96. The Labute approximate surface area is 200 Å². The monoisotopic (exact) mass is 583 g/mol. The van der Waals surface area contributed by atoms with E-state index in [1.807, 2.05) is 0 Å². The quantitative estimate of drug-likeness (QED) is 0.291. The molecule has 166 valence electrons. The number of nitro groups is 1. The van der Waals surface area contributed by atoms with Crippen molar-refractivity contribution in [2.45, 2.75) is 4.90 Å². The molecule has 0 aromatic heterocycles. The summed E-state index contributed by atoms with van der Waals surface area (Å²) < 4.78 is 34.4. The highest BCUT2D eigenvalue weighted by Gasteiger charge is 2.24. The van der Waals surface area contributed by atoms with Crippen LogP contribution in [0.5, 0.6) is 5.75 Å². The van der Waals surface area contributed by atoms with E-state index in [4.69, 9.17) is 4.74 Å². The van der Waals surface area contributed by atoms with E-state index in [-0.39, 0.29) is 21.9 Å². The number of nitro benzene ring substituents is 1. The maximum atomic E-state index is 12.9. The van der Waals surface area contributed by atoms with Crippen molar-refractivity contribution in [1.82, 2.24) is 0 Å². The highest BCUT2D eigenvalue weighted by atomic mass is 79.9. The summed E-state index contributed by atoms with van der Waals surface area (Å²) in [5.41, 5.74) is 0.0489. The van der Waals surface area contributed by atoms with Crippen LogP contribution >= 0.6 is 31.9 Å². The second-order valence-electron chi connectivity index (χ2n) is 6.35. The van der Waals surface area contributed by atoms with Crippen molar-refractivity contribution in [2.75, 3.05) is 17.1 Å². The molecule has 0 aliphatic heterocycles. The molecule has 12 heteroatoms. The summed E-state index contributed by atoms with van der Waals surface area (Å²) >= 11 is 6.59. The Bertz CT molecular complexity index is 1310. The van der Waals surface area contributed by atoms with Crippen LogP contribution in [0.15, 0.2) is 74.5 Å². The molecule has 0 heterocycles. The third-order valence-corrected chi connectivity index (χ3v) is 6.56. The molecular formula is C20H15Br2N3O6S. The lowest BCUT2D eigenvalue weighted by molar-refractivity contribution is -0.386. The standard InChI is InChI=1S/C20H15Br2N3O6S/c1-31-19-8-6-15(11-18(19)25(27)28)32(29,30)24-17-7-5-13(22)10-16(17)20(26)23-14-4-2-3-12(21)9-14/h2-11,24H,1H3,(H,23,26). The molecule has 3 rings (SSSR count). The smallest absolute Gasteiger partial charge is 0.312 e. The van der Waals surface area contributed by atoms with Gasteiger partial charge in [-0.15, -0.1) is 0 Å². The summed E-state index contributed by atoms with van der Waals surface area (Å²) in [7, 11) is -3.01. The average molecular weight is 585 g/mol. The zero-order valence-corrected chi connectivity index (χ0v) is 20.3. The van der Waals surface area contributed by atoms with Gasteiger partial charge in [-0.1, -0.05) is 37.9 Å². The molecule has 0 saturated heterocycles. The van der Waals surface area contributed by atoms with Gasteiger partial charge < -0.3 is 10.1 Å². The van der Waals surface area contributed by atoms with E-state index < -0.39 is 26.5 Å². The summed E-state index contributed by atoms with van der Waals surface area (Å²) in [5.74, 6) is -0.630. The maximum absolute atomic E-state index is 12.9. The minimum absolute atomic E-state index is 0.000770. The molecule has 0 radical (unpaired) electrons. The van der Waals surface area contributed by atoms with Gasteiger partial charge in [0.15, 0.2) is 5.75 Å². The molecule has 0 saturated carbocycles. The molecule has 3 aromatic carbocycles. The molecule has 0 aliphatic rings. The summed E-state index contributed by atoms with van der Waals surface area (Å²) in [4.78, 5) is 23.0. The predicted molar refractivity (Wildman–Crippen MR) is 127 cm³/mol. The first-order chi connectivity index (χ1) is 15.1. The van der Waals surface area contributed by atoms with Crippen LogP contribution in [0.2, 0.25) is 0 Å². The molecule has 0 bridgehead atoms. The molecule has 0 atom stereocenters. The Morgan fingerprint density at radius 3 is 2.41 bits per heavy atom. The first kappa shape index (κ1) is 23.7. The number of hydrogen-bond donors (Lipinski definition) is 2. The van der Waals surface area contributed by atoms with Crippen LogP contribution in [0.3, 0.4) is 0 Å². The molecule has 0 unspecified atom stereocenters. The Morgan fingerprint density at radius 2 is 1.75 bits per heavy atom. The lowest BCUT2D eigenvalue weighted by atomic mass is 10.1.